The second-order valence-electron chi connectivity index (χ2n) is 9.19. The van der Waals surface area contributed by atoms with Crippen LogP contribution in [0.25, 0.3) is 22.2 Å². The van der Waals surface area contributed by atoms with E-state index in [1.54, 1.807) is 56.3 Å². The molecule has 38 heavy (non-hydrogen) atoms. The molecular formula is C25H27F3N8O2. The zero-order valence-electron chi connectivity index (χ0n) is 20.9. The number of H-pyrrole nitrogens is 1. The lowest BCUT2D eigenvalue weighted by atomic mass is 10.0. The Balaban J connectivity index is 1.53. The Morgan fingerprint density at radius 2 is 1.89 bits per heavy atom. The van der Waals surface area contributed by atoms with E-state index in [9.17, 15) is 22.8 Å². The van der Waals surface area contributed by atoms with Gasteiger partial charge in [-0.05, 0) is 18.1 Å². The molecule has 200 valence electrons. The molecule has 10 nitrogen and oxygen atoms in total. The molecule has 0 saturated carbocycles. The summed E-state index contributed by atoms with van der Waals surface area (Å²) >= 11 is 0. The molecule has 0 aliphatic heterocycles. The van der Waals surface area contributed by atoms with Crippen molar-refractivity contribution in [3.05, 3.63) is 60.4 Å². The Morgan fingerprint density at radius 3 is 2.58 bits per heavy atom. The number of halogens is 3. The van der Waals surface area contributed by atoms with Gasteiger partial charge in [-0.3, -0.25) is 19.3 Å². The molecule has 0 aliphatic rings. The van der Waals surface area contributed by atoms with E-state index >= 15 is 0 Å². The molecule has 0 fully saturated rings. The summed E-state index contributed by atoms with van der Waals surface area (Å²) in [6.07, 6.45) is 5.28. The molecule has 0 aromatic carbocycles. The maximum absolute atomic E-state index is 12.7. The molecule has 0 radical (unpaired) electrons. The molecule has 0 bridgehead atoms. The summed E-state index contributed by atoms with van der Waals surface area (Å²) in [5.74, 6) is -1.36. The number of pyridine rings is 2. The molecule has 0 aliphatic carbocycles. The number of alkyl halides is 3. The number of carbonyl (C=O) groups is 2. The van der Waals surface area contributed by atoms with E-state index < -0.39 is 24.7 Å². The predicted molar refractivity (Wildman–Crippen MR) is 135 cm³/mol. The molecule has 4 aromatic heterocycles. The number of fused-ring (bicyclic) bond motifs is 1. The van der Waals surface area contributed by atoms with Gasteiger partial charge in [-0.2, -0.15) is 18.3 Å². The van der Waals surface area contributed by atoms with Gasteiger partial charge < -0.3 is 20.9 Å². The van der Waals surface area contributed by atoms with E-state index in [0.29, 0.717) is 40.0 Å². The molecule has 0 saturated heterocycles. The zero-order chi connectivity index (χ0) is 27.4. The highest BCUT2D eigenvalue weighted by atomic mass is 19.4. The van der Waals surface area contributed by atoms with Gasteiger partial charge in [0, 0.05) is 66.7 Å². The first-order valence-electron chi connectivity index (χ1n) is 11.8. The van der Waals surface area contributed by atoms with Crippen molar-refractivity contribution in [3.8, 4) is 11.1 Å². The van der Waals surface area contributed by atoms with Crippen LogP contribution in [0.4, 0.5) is 18.9 Å². The standard InChI is InChI=1S/C25H27F3N8O2/c1-14(2)21(24(38)33-13-25(26,27)28)35-18-4-16(8-29-10-18)20-11-31-22-19(20)5-17(9-30-22)23(37)32-6-15-7-34-36(3)12-15/h4-5,7-12,14,21,35H,6,13H2,1-3H3,(H,30,31)(H,32,37)(H,33,38)/t21-/m1/s1. The van der Waals surface area contributed by atoms with Gasteiger partial charge >= 0.3 is 6.18 Å². The minimum absolute atomic E-state index is 0.295. The molecule has 4 heterocycles. The first kappa shape index (κ1) is 26.6. The number of rotatable bonds is 9. The number of hydrogen-bond acceptors (Lipinski definition) is 6. The number of amides is 2. The third kappa shape index (κ3) is 6.47. The number of hydrogen-bond donors (Lipinski definition) is 4. The van der Waals surface area contributed by atoms with Crippen molar-refractivity contribution in [2.24, 2.45) is 13.0 Å². The van der Waals surface area contributed by atoms with Crippen molar-refractivity contribution in [2.75, 3.05) is 11.9 Å². The maximum atomic E-state index is 12.7. The summed E-state index contributed by atoms with van der Waals surface area (Å²) in [6, 6.07) is 2.54. The molecule has 13 heteroatoms. The van der Waals surface area contributed by atoms with Crippen molar-refractivity contribution in [1.29, 1.82) is 0 Å². The minimum atomic E-state index is -4.50. The van der Waals surface area contributed by atoms with Crippen LogP contribution in [-0.4, -0.2) is 55.3 Å². The summed E-state index contributed by atoms with van der Waals surface area (Å²) in [5.41, 5.74) is 3.62. The van der Waals surface area contributed by atoms with Crippen LogP contribution in [-0.2, 0) is 18.4 Å². The average molecular weight is 529 g/mol. The second-order valence-corrected chi connectivity index (χ2v) is 9.19. The molecule has 2 amide bonds. The van der Waals surface area contributed by atoms with Crippen LogP contribution in [0.5, 0.6) is 0 Å². The summed E-state index contributed by atoms with van der Waals surface area (Å²) in [6.45, 7) is 2.37. The zero-order valence-corrected chi connectivity index (χ0v) is 20.9. The summed E-state index contributed by atoms with van der Waals surface area (Å²) in [4.78, 5) is 36.8. The third-order valence-electron chi connectivity index (χ3n) is 5.79. The minimum Gasteiger partial charge on any atom is -0.372 e. The van der Waals surface area contributed by atoms with Crippen LogP contribution in [0.15, 0.2) is 49.3 Å². The van der Waals surface area contributed by atoms with Gasteiger partial charge in [0.2, 0.25) is 5.91 Å². The fourth-order valence-electron chi connectivity index (χ4n) is 3.89. The highest BCUT2D eigenvalue weighted by Crippen LogP contribution is 2.30. The molecule has 4 rings (SSSR count). The van der Waals surface area contributed by atoms with Crippen LogP contribution in [0, 0.1) is 5.92 Å². The third-order valence-corrected chi connectivity index (χ3v) is 5.79. The number of aromatic amines is 1. The van der Waals surface area contributed by atoms with Crippen LogP contribution < -0.4 is 16.0 Å². The fourth-order valence-corrected chi connectivity index (χ4v) is 3.89. The number of nitrogens with zero attached hydrogens (tertiary/aromatic N) is 4. The van der Waals surface area contributed by atoms with Crippen molar-refractivity contribution in [3.63, 3.8) is 0 Å². The van der Waals surface area contributed by atoms with Crippen molar-refractivity contribution >= 4 is 28.5 Å². The quantitative estimate of drug-likeness (QED) is 0.264. The summed E-state index contributed by atoms with van der Waals surface area (Å²) in [7, 11) is 1.79. The molecular weight excluding hydrogens is 501 g/mol. The van der Waals surface area contributed by atoms with Crippen molar-refractivity contribution in [1.82, 2.24) is 35.4 Å². The Hall–Kier alpha value is -4.42. The first-order valence-corrected chi connectivity index (χ1v) is 11.8. The van der Waals surface area contributed by atoms with E-state index in [2.05, 4.69) is 30.7 Å². The van der Waals surface area contributed by atoms with E-state index in [4.69, 9.17) is 0 Å². The lowest BCUT2D eigenvalue weighted by molar-refractivity contribution is -0.139. The van der Waals surface area contributed by atoms with Gasteiger partial charge in [0.1, 0.15) is 18.2 Å². The maximum Gasteiger partial charge on any atom is 0.405 e. The first-order chi connectivity index (χ1) is 18.0. The Labute approximate surface area is 216 Å². The van der Waals surface area contributed by atoms with Crippen LogP contribution in [0.2, 0.25) is 0 Å². The molecule has 1 atom stereocenters. The lowest BCUT2D eigenvalue weighted by Gasteiger charge is -2.23. The smallest absolute Gasteiger partial charge is 0.372 e. The van der Waals surface area contributed by atoms with Gasteiger partial charge in [0.15, 0.2) is 0 Å². The highest BCUT2D eigenvalue weighted by molar-refractivity contribution is 6.01. The lowest BCUT2D eigenvalue weighted by Crippen LogP contribution is -2.46. The Kier molecular flexibility index (Phi) is 7.65. The number of carbonyl (C=O) groups excluding carboxylic acids is 2. The topological polar surface area (TPSA) is 130 Å². The van der Waals surface area contributed by atoms with Gasteiger partial charge in [0.25, 0.3) is 5.91 Å². The van der Waals surface area contributed by atoms with Gasteiger partial charge in [-0.25, -0.2) is 4.98 Å². The van der Waals surface area contributed by atoms with Crippen LogP contribution in [0.3, 0.4) is 0 Å². The summed E-state index contributed by atoms with van der Waals surface area (Å²) < 4.78 is 39.3. The predicted octanol–water partition coefficient (Wildman–Crippen LogP) is 3.40. The largest absolute Gasteiger partial charge is 0.405 e. The Morgan fingerprint density at radius 1 is 1.11 bits per heavy atom. The molecule has 4 aromatic rings. The normalized spacial score (nSPS) is 12.5. The van der Waals surface area contributed by atoms with Gasteiger partial charge in [-0.1, -0.05) is 13.8 Å². The summed E-state index contributed by atoms with van der Waals surface area (Å²) in [5, 5.41) is 12.5. The number of aromatic nitrogens is 5. The number of aryl methyl sites for hydroxylation is 1. The average Bonchev–Trinajstić information content (AvgIpc) is 3.49. The number of nitrogens with one attached hydrogen (secondary N) is 4. The molecule has 0 unspecified atom stereocenters. The Bertz CT molecular complexity index is 1440. The van der Waals surface area contributed by atoms with Crippen molar-refractivity contribution < 1.29 is 22.8 Å². The van der Waals surface area contributed by atoms with Crippen LogP contribution in [0.1, 0.15) is 29.8 Å². The molecule has 4 N–H and O–H groups in total. The van der Waals surface area contributed by atoms with E-state index in [0.717, 1.165) is 5.56 Å². The van der Waals surface area contributed by atoms with E-state index in [1.807, 2.05) is 11.5 Å². The van der Waals surface area contributed by atoms with Gasteiger partial charge in [-0.15, -0.1) is 0 Å². The fraction of sp³-hybridized carbons (Fsp3) is 0.320. The van der Waals surface area contributed by atoms with E-state index in [-0.39, 0.29) is 11.8 Å². The monoisotopic (exact) mass is 528 g/mol. The van der Waals surface area contributed by atoms with E-state index in [1.165, 1.54) is 12.4 Å². The SMILES string of the molecule is CC(C)[C@@H](Nc1cncc(-c2c[nH]c3ncc(C(=O)NCc4cnn(C)c4)cc23)c1)C(=O)NCC(F)(F)F. The highest BCUT2D eigenvalue weighted by Gasteiger charge is 2.30. The molecule has 0 spiro atoms. The van der Waals surface area contributed by atoms with Gasteiger partial charge in [0.05, 0.1) is 17.4 Å². The van der Waals surface area contributed by atoms with Crippen LogP contribution >= 0.6 is 0 Å². The second kappa shape index (κ2) is 10.9. The van der Waals surface area contributed by atoms with Crippen molar-refractivity contribution in [2.45, 2.75) is 32.6 Å². The number of anilines is 1.